The van der Waals surface area contributed by atoms with Crippen molar-refractivity contribution in [3.05, 3.63) is 35.4 Å². The minimum Gasteiger partial charge on any atom is -0.445 e. The van der Waals surface area contributed by atoms with E-state index in [1.54, 1.807) is 0 Å². The monoisotopic (exact) mass is 249 g/mol. The predicted molar refractivity (Wildman–Crippen MR) is 73.5 cm³/mol. The van der Waals surface area contributed by atoms with Crippen LogP contribution in [0.5, 0.6) is 0 Å². The summed E-state index contributed by atoms with van der Waals surface area (Å²) in [5.41, 5.74) is 2.34. The third-order valence-corrected chi connectivity index (χ3v) is 2.70. The molecule has 3 heteroatoms. The minimum absolute atomic E-state index is 0.329. The molecule has 1 rings (SSSR count). The van der Waals surface area contributed by atoms with E-state index in [2.05, 4.69) is 31.3 Å². The summed E-state index contributed by atoms with van der Waals surface area (Å²) in [6.07, 6.45) is 3.92. The van der Waals surface area contributed by atoms with Crippen LogP contribution >= 0.6 is 0 Å². The number of hydrogen-bond donors (Lipinski definition) is 1. The van der Waals surface area contributed by atoms with Gasteiger partial charge in [0.2, 0.25) is 0 Å². The molecule has 1 amide bonds. The van der Waals surface area contributed by atoms with Crippen molar-refractivity contribution in [2.45, 2.75) is 46.1 Å². The number of carbonyl (C=O) groups is 1. The molecule has 1 N–H and O–H groups in total. The molecule has 0 fully saturated rings. The van der Waals surface area contributed by atoms with Gasteiger partial charge in [0, 0.05) is 6.54 Å². The Bertz CT molecular complexity index is 363. The van der Waals surface area contributed by atoms with E-state index in [1.807, 2.05) is 12.1 Å². The number of ether oxygens (including phenoxy) is 1. The second kappa shape index (κ2) is 8.56. The fourth-order valence-corrected chi connectivity index (χ4v) is 1.73. The summed E-state index contributed by atoms with van der Waals surface area (Å²) >= 11 is 0. The minimum atomic E-state index is -0.329. The van der Waals surface area contributed by atoms with Crippen LogP contribution in [0, 0.1) is 0 Å². The lowest BCUT2D eigenvalue weighted by atomic mass is 10.1. The third kappa shape index (κ3) is 5.71. The van der Waals surface area contributed by atoms with E-state index in [-0.39, 0.29) is 6.09 Å². The number of aryl methyl sites for hydroxylation is 1. The molecule has 1 aromatic rings. The topological polar surface area (TPSA) is 38.3 Å². The van der Waals surface area contributed by atoms with Gasteiger partial charge in [-0.15, -0.1) is 0 Å². The summed E-state index contributed by atoms with van der Waals surface area (Å²) < 4.78 is 5.16. The van der Waals surface area contributed by atoms with Crippen LogP contribution in [-0.4, -0.2) is 12.6 Å². The van der Waals surface area contributed by atoms with Crippen molar-refractivity contribution in [3.8, 4) is 0 Å². The van der Waals surface area contributed by atoms with Crippen molar-refractivity contribution < 1.29 is 9.53 Å². The zero-order chi connectivity index (χ0) is 13.2. The Kier molecular flexibility index (Phi) is 6.92. The third-order valence-electron chi connectivity index (χ3n) is 2.70. The Morgan fingerprint density at radius 2 is 2.00 bits per heavy atom. The smallest absolute Gasteiger partial charge is 0.407 e. The Morgan fingerprint density at radius 1 is 1.22 bits per heavy atom. The van der Waals surface area contributed by atoms with E-state index in [4.69, 9.17) is 4.74 Å². The second-order valence-corrected chi connectivity index (χ2v) is 4.43. The van der Waals surface area contributed by atoms with Gasteiger partial charge in [-0.05, 0) is 24.0 Å². The fraction of sp³-hybridized carbons (Fsp3) is 0.533. The Morgan fingerprint density at radius 3 is 2.72 bits per heavy atom. The molecule has 0 atom stereocenters. The molecule has 3 nitrogen and oxygen atoms in total. The highest BCUT2D eigenvalue weighted by molar-refractivity contribution is 5.67. The first-order valence-corrected chi connectivity index (χ1v) is 6.74. The van der Waals surface area contributed by atoms with E-state index in [0.717, 1.165) is 31.2 Å². The highest BCUT2D eigenvalue weighted by atomic mass is 16.5. The zero-order valence-corrected chi connectivity index (χ0v) is 11.4. The average Bonchev–Trinajstić information content (AvgIpc) is 2.38. The van der Waals surface area contributed by atoms with Gasteiger partial charge >= 0.3 is 6.09 Å². The molecule has 0 aliphatic rings. The SMILES string of the molecule is CCCCNC(=O)OCc1cccc(CCC)c1. The number of benzene rings is 1. The van der Waals surface area contributed by atoms with Crippen LogP contribution in [0.4, 0.5) is 4.79 Å². The highest BCUT2D eigenvalue weighted by Crippen LogP contribution is 2.08. The maximum atomic E-state index is 11.4. The first-order chi connectivity index (χ1) is 8.76. The van der Waals surface area contributed by atoms with Crippen LogP contribution in [0.25, 0.3) is 0 Å². The summed E-state index contributed by atoms with van der Waals surface area (Å²) in [5.74, 6) is 0. The van der Waals surface area contributed by atoms with Crippen molar-refractivity contribution in [2.75, 3.05) is 6.54 Å². The summed E-state index contributed by atoms with van der Waals surface area (Å²) in [6.45, 7) is 5.28. The maximum Gasteiger partial charge on any atom is 0.407 e. The van der Waals surface area contributed by atoms with Gasteiger partial charge in [0.25, 0.3) is 0 Å². The van der Waals surface area contributed by atoms with Crippen LogP contribution in [0.15, 0.2) is 24.3 Å². The lowest BCUT2D eigenvalue weighted by Crippen LogP contribution is -2.25. The number of carbonyl (C=O) groups excluding carboxylic acids is 1. The van der Waals surface area contributed by atoms with Crippen molar-refractivity contribution in [1.82, 2.24) is 5.32 Å². The van der Waals surface area contributed by atoms with Crippen LogP contribution in [0.3, 0.4) is 0 Å². The molecule has 0 saturated carbocycles. The average molecular weight is 249 g/mol. The van der Waals surface area contributed by atoms with E-state index >= 15 is 0 Å². The molecule has 0 aromatic heterocycles. The molecule has 0 radical (unpaired) electrons. The molecule has 0 unspecified atom stereocenters. The molecule has 1 aromatic carbocycles. The van der Waals surface area contributed by atoms with Gasteiger partial charge < -0.3 is 10.1 Å². The van der Waals surface area contributed by atoms with Gasteiger partial charge in [0.15, 0.2) is 0 Å². The summed E-state index contributed by atoms with van der Waals surface area (Å²) in [4.78, 5) is 11.4. The first-order valence-electron chi connectivity index (χ1n) is 6.74. The molecule has 100 valence electrons. The predicted octanol–water partition coefficient (Wildman–Crippen LogP) is 3.67. The molecule has 0 bridgehead atoms. The Labute approximate surface area is 110 Å². The molecule has 0 heterocycles. The van der Waals surface area contributed by atoms with E-state index in [9.17, 15) is 4.79 Å². The quantitative estimate of drug-likeness (QED) is 0.749. The van der Waals surface area contributed by atoms with E-state index < -0.39 is 0 Å². The fourth-order valence-electron chi connectivity index (χ4n) is 1.73. The number of alkyl carbamates (subject to hydrolysis) is 1. The van der Waals surface area contributed by atoms with Gasteiger partial charge in [-0.2, -0.15) is 0 Å². The van der Waals surface area contributed by atoms with Crippen LogP contribution in [-0.2, 0) is 17.8 Å². The molecule has 0 aliphatic heterocycles. The van der Waals surface area contributed by atoms with Crippen molar-refractivity contribution in [1.29, 1.82) is 0 Å². The Hall–Kier alpha value is -1.51. The Balaban J connectivity index is 2.33. The van der Waals surface area contributed by atoms with Crippen molar-refractivity contribution >= 4 is 6.09 Å². The number of rotatable bonds is 7. The lowest BCUT2D eigenvalue weighted by Gasteiger charge is -2.07. The summed E-state index contributed by atoms with van der Waals surface area (Å²) in [7, 11) is 0. The maximum absolute atomic E-state index is 11.4. The van der Waals surface area contributed by atoms with Crippen molar-refractivity contribution in [2.24, 2.45) is 0 Å². The molecular weight excluding hydrogens is 226 g/mol. The van der Waals surface area contributed by atoms with Gasteiger partial charge in [-0.25, -0.2) is 4.79 Å². The number of nitrogens with one attached hydrogen (secondary N) is 1. The summed E-state index contributed by atoms with van der Waals surface area (Å²) in [5, 5.41) is 2.73. The van der Waals surface area contributed by atoms with E-state index in [0.29, 0.717) is 13.2 Å². The molecule has 0 aliphatic carbocycles. The van der Waals surface area contributed by atoms with E-state index in [1.165, 1.54) is 5.56 Å². The second-order valence-electron chi connectivity index (χ2n) is 4.43. The number of amides is 1. The number of unbranched alkanes of at least 4 members (excludes halogenated alkanes) is 1. The standard InChI is InChI=1S/C15H23NO2/c1-3-5-10-16-15(17)18-12-14-9-6-8-13(11-14)7-4-2/h6,8-9,11H,3-5,7,10,12H2,1-2H3,(H,16,17). The number of hydrogen-bond acceptors (Lipinski definition) is 2. The van der Waals surface area contributed by atoms with Crippen LogP contribution in [0.1, 0.15) is 44.2 Å². The molecule has 0 spiro atoms. The van der Waals surface area contributed by atoms with Gasteiger partial charge in [-0.3, -0.25) is 0 Å². The zero-order valence-electron chi connectivity index (χ0n) is 11.4. The first kappa shape index (κ1) is 14.6. The van der Waals surface area contributed by atoms with Crippen LogP contribution in [0.2, 0.25) is 0 Å². The normalized spacial score (nSPS) is 10.1. The van der Waals surface area contributed by atoms with Gasteiger partial charge in [-0.1, -0.05) is 51.0 Å². The van der Waals surface area contributed by atoms with Gasteiger partial charge in [0.1, 0.15) is 6.61 Å². The van der Waals surface area contributed by atoms with Crippen molar-refractivity contribution in [3.63, 3.8) is 0 Å². The molecule has 18 heavy (non-hydrogen) atoms. The summed E-state index contributed by atoms with van der Waals surface area (Å²) in [6, 6.07) is 8.20. The van der Waals surface area contributed by atoms with Crippen LogP contribution < -0.4 is 5.32 Å². The molecular formula is C15H23NO2. The highest BCUT2D eigenvalue weighted by Gasteiger charge is 2.02. The largest absolute Gasteiger partial charge is 0.445 e. The lowest BCUT2D eigenvalue weighted by molar-refractivity contribution is 0.139. The molecule has 0 saturated heterocycles. The van der Waals surface area contributed by atoms with Gasteiger partial charge in [0.05, 0.1) is 0 Å².